The number of allylic oxidation sites excluding steroid dienone is 8. The molecular weight excluding hydrogens is 506 g/mol. The molecule has 1 unspecified atom stereocenters. The van der Waals surface area contributed by atoms with Crippen LogP contribution in [0.15, 0.2) is 108 Å². The third kappa shape index (κ3) is 3.99. The van der Waals surface area contributed by atoms with Crippen LogP contribution in [0, 0.1) is 0 Å². The minimum absolute atomic E-state index is 0.0977. The van der Waals surface area contributed by atoms with Gasteiger partial charge in [-0.3, -0.25) is 4.79 Å². The van der Waals surface area contributed by atoms with Crippen molar-refractivity contribution in [1.29, 1.82) is 0 Å². The van der Waals surface area contributed by atoms with E-state index in [0.29, 0.717) is 16.9 Å². The predicted molar refractivity (Wildman–Crippen MR) is 156 cm³/mol. The molecule has 0 amide bonds. The molecule has 0 saturated carbocycles. The molecule has 3 heterocycles. The Balaban J connectivity index is 1.54. The molecule has 39 heavy (non-hydrogen) atoms. The van der Waals surface area contributed by atoms with Crippen LogP contribution in [0.3, 0.4) is 0 Å². The second kappa shape index (κ2) is 9.10. The maximum absolute atomic E-state index is 12.3. The van der Waals surface area contributed by atoms with Crippen LogP contribution in [0.4, 0.5) is 5.69 Å². The number of aromatic carboxylic acids is 1. The van der Waals surface area contributed by atoms with E-state index in [0.717, 1.165) is 28.0 Å². The lowest BCUT2D eigenvalue weighted by Crippen LogP contribution is -2.41. The Bertz CT molecular complexity index is 1700. The van der Waals surface area contributed by atoms with Gasteiger partial charge in [0.15, 0.2) is 5.78 Å². The number of carboxylic acids is 1. The summed E-state index contributed by atoms with van der Waals surface area (Å²) in [5.74, 6) is -0.784. The van der Waals surface area contributed by atoms with Gasteiger partial charge in [-0.05, 0) is 77.4 Å². The lowest BCUT2D eigenvalue weighted by atomic mass is 9.78. The maximum atomic E-state index is 12.3. The molecule has 0 spiro atoms. The Labute approximate surface area is 231 Å². The first-order valence-corrected chi connectivity index (χ1v) is 13.5. The quantitative estimate of drug-likeness (QED) is 0.379. The van der Waals surface area contributed by atoms with Gasteiger partial charge in [-0.15, -0.1) is 11.3 Å². The Kier molecular flexibility index (Phi) is 5.81. The number of nitrogens with zero attached hydrogens (tertiary/aromatic N) is 1. The molecule has 0 saturated heterocycles. The number of carbonyl (C=O) groups is 2. The summed E-state index contributed by atoms with van der Waals surface area (Å²) in [5.41, 5.74) is 7.27. The topological polar surface area (TPSA) is 66.8 Å². The number of anilines is 1. The van der Waals surface area contributed by atoms with Crippen molar-refractivity contribution in [2.24, 2.45) is 0 Å². The third-order valence-electron chi connectivity index (χ3n) is 7.94. The highest BCUT2D eigenvalue weighted by molar-refractivity contribution is 7.13. The van der Waals surface area contributed by atoms with Crippen molar-refractivity contribution >= 4 is 28.8 Å². The summed E-state index contributed by atoms with van der Waals surface area (Å²) in [6.45, 7) is 8.46. The molecule has 6 rings (SSSR count). The summed E-state index contributed by atoms with van der Waals surface area (Å²) >= 11 is 1.71. The van der Waals surface area contributed by atoms with Crippen molar-refractivity contribution in [3.05, 3.63) is 130 Å². The van der Waals surface area contributed by atoms with Crippen LogP contribution in [0.25, 0.3) is 10.4 Å². The number of ether oxygens (including phenoxy) is 1. The van der Waals surface area contributed by atoms with Crippen molar-refractivity contribution in [3.8, 4) is 16.2 Å². The number of benzene rings is 2. The van der Waals surface area contributed by atoms with Gasteiger partial charge < -0.3 is 14.7 Å². The maximum Gasteiger partial charge on any atom is 0.335 e. The van der Waals surface area contributed by atoms with Crippen molar-refractivity contribution in [3.63, 3.8) is 0 Å². The summed E-state index contributed by atoms with van der Waals surface area (Å²) in [4.78, 5) is 27.8. The van der Waals surface area contributed by atoms with Gasteiger partial charge in [0.05, 0.1) is 17.4 Å². The molecule has 0 fully saturated rings. The molecule has 194 valence electrons. The largest absolute Gasteiger partial charge is 0.478 e. The van der Waals surface area contributed by atoms with Gasteiger partial charge in [0.2, 0.25) is 0 Å². The zero-order chi connectivity index (χ0) is 27.5. The Hall–Kier alpha value is -4.42. The fourth-order valence-corrected chi connectivity index (χ4v) is 6.65. The summed E-state index contributed by atoms with van der Waals surface area (Å²) in [6, 6.07) is 13.5. The molecular formula is C33H27NO4S. The molecule has 1 aromatic heterocycles. The van der Waals surface area contributed by atoms with Gasteiger partial charge in [0.25, 0.3) is 0 Å². The second-order valence-corrected chi connectivity index (χ2v) is 11.4. The zero-order valence-corrected chi connectivity index (χ0v) is 22.7. The van der Waals surface area contributed by atoms with Crippen LogP contribution >= 0.6 is 11.3 Å². The molecule has 6 heteroatoms. The summed E-state index contributed by atoms with van der Waals surface area (Å²) in [6.07, 6.45) is 10.1. The van der Waals surface area contributed by atoms with E-state index in [9.17, 15) is 14.7 Å². The van der Waals surface area contributed by atoms with E-state index in [1.165, 1.54) is 16.5 Å². The standard InChI is InChI=1S/C33H27NO4S/c1-19-9-12-22(35)15-20(19)10-11-21-18-38-29-17-28-25(31-27(13-14-39-31)33(2,3)34(28)4)16-26(29)30(21)23-7-5-6-8-24(23)32(36)37/h5-18,30H,1H2,2-4H3,(H,36,37)/b11-10-. The van der Waals surface area contributed by atoms with Crippen LogP contribution < -0.4 is 9.64 Å². The minimum Gasteiger partial charge on any atom is -0.478 e. The average molecular weight is 534 g/mol. The van der Waals surface area contributed by atoms with E-state index in [2.05, 4.69) is 56.0 Å². The predicted octanol–water partition coefficient (Wildman–Crippen LogP) is 7.38. The van der Waals surface area contributed by atoms with Gasteiger partial charge in [0.1, 0.15) is 5.75 Å². The molecule has 1 aliphatic carbocycles. The van der Waals surface area contributed by atoms with Crippen LogP contribution in [0.5, 0.6) is 5.75 Å². The Morgan fingerprint density at radius 2 is 1.92 bits per heavy atom. The number of hydrogen-bond acceptors (Lipinski definition) is 5. The van der Waals surface area contributed by atoms with E-state index in [1.807, 2.05) is 24.3 Å². The van der Waals surface area contributed by atoms with E-state index in [1.54, 1.807) is 41.9 Å². The van der Waals surface area contributed by atoms with Gasteiger partial charge in [-0.1, -0.05) is 43.0 Å². The average Bonchev–Trinajstić information content (AvgIpc) is 3.43. The fraction of sp³-hybridized carbons (Fsp3) is 0.152. The van der Waals surface area contributed by atoms with Gasteiger partial charge >= 0.3 is 5.97 Å². The summed E-state index contributed by atoms with van der Waals surface area (Å²) in [7, 11) is 2.09. The first kappa shape index (κ1) is 24.9. The number of hydrogen-bond donors (Lipinski definition) is 1. The summed E-state index contributed by atoms with van der Waals surface area (Å²) < 4.78 is 6.22. The van der Waals surface area contributed by atoms with Gasteiger partial charge in [-0.2, -0.15) is 0 Å². The highest BCUT2D eigenvalue weighted by Crippen LogP contribution is 2.53. The number of ketones is 1. The van der Waals surface area contributed by atoms with Crippen LogP contribution in [-0.2, 0) is 10.3 Å². The molecule has 1 N–H and O–H groups in total. The minimum atomic E-state index is -0.985. The van der Waals surface area contributed by atoms with Crippen LogP contribution in [0.2, 0.25) is 0 Å². The third-order valence-corrected chi connectivity index (χ3v) is 8.89. The van der Waals surface area contributed by atoms with E-state index in [-0.39, 0.29) is 16.9 Å². The number of carbonyl (C=O) groups excluding carboxylic acids is 1. The molecule has 5 nitrogen and oxygen atoms in total. The highest BCUT2D eigenvalue weighted by atomic mass is 32.1. The zero-order valence-electron chi connectivity index (χ0n) is 21.9. The number of carboxylic acid groups (broad SMARTS) is 1. The van der Waals surface area contributed by atoms with Gasteiger partial charge in [-0.25, -0.2) is 4.79 Å². The normalized spacial score (nSPS) is 19.2. The number of thiophene rings is 1. The first-order valence-electron chi connectivity index (χ1n) is 12.7. The highest BCUT2D eigenvalue weighted by Gasteiger charge is 2.38. The molecule has 3 aromatic rings. The van der Waals surface area contributed by atoms with Crippen molar-refractivity contribution in [2.45, 2.75) is 25.3 Å². The molecule has 3 aliphatic rings. The number of rotatable bonds is 4. The number of fused-ring (bicyclic) bond motifs is 4. The first-order chi connectivity index (χ1) is 18.7. The Morgan fingerprint density at radius 3 is 2.72 bits per heavy atom. The van der Waals surface area contributed by atoms with Gasteiger partial charge in [0, 0.05) is 40.7 Å². The lowest BCUT2D eigenvalue weighted by Gasteiger charge is -2.43. The molecule has 2 aliphatic heterocycles. The molecule has 1 atom stereocenters. The van der Waals surface area contributed by atoms with Crippen molar-refractivity contribution in [2.75, 3.05) is 11.9 Å². The lowest BCUT2D eigenvalue weighted by molar-refractivity contribution is -0.110. The SMILES string of the molecule is C=C1C=CC(=O)C=C1/C=C\C1=COc2cc3c(cc2C1c1ccccc1C(=O)O)-c1sccc1C(C)(C)N3C. The van der Waals surface area contributed by atoms with E-state index < -0.39 is 11.9 Å². The summed E-state index contributed by atoms with van der Waals surface area (Å²) in [5, 5.41) is 12.2. The van der Waals surface area contributed by atoms with Crippen molar-refractivity contribution in [1.82, 2.24) is 0 Å². The monoisotopic (exact) mass is 533 g/mol. The molecule has 0 bridgehead atoms. The second-order valence-electron chi connectivity index (χ2n) is 10.4. The molecule has 2 aromatic carbocycles. The smallest absolute Gasteiger partial charge is 0.335 e. The van der Waals surface area contributed by atoms with Crippen LogP contribution in [0.1, 0.15) is 46.8 Å². The van der Waals surface area contributed by atoms with Crippen molar-refractivity contribution < 1.29 is 19.4 Å². The van der Waals surface area contributed by atoms with Crippen LogP contribution in [-0.4, -0.2) is 23.9 Å². The fourth-order valence-electron chi connectivity index (χ4n) is 5.57. The van der Waals surface area contributed by atoms with E-state index in [4.69, 9.17) is 4.74 Å². The Morgan fingerprint density at radius 1 is 1.13 bits per heavy atom. The van der Waals surface area contributed by atoms with E-state index >= 15 is 0 Å². The molecule has 0 radical (unpaired) electrons.